The summed E-state index contributed by atoms with van der Waals surface area (Å²) in [5.74, 6) is 0.00780. The van der Waals surface area contributed by atoms with Crippen LogP contribution in [0, 0.1) is 5.92 Å². The number of carboxylic acid groups (broad SMARTS) is 1. The van der Waals surface area contributed by atoms with E-state index >= 15 is 0 Å². The summed E-state index contributed by atoms with van der Waals surface area (Å²) in [6.07, 6.45) is 14.1. The number of nitrogens with one attached hydrogen (secondary N) is 1. The van der Waals surface area contributed by atoms with Crippen LogP contribution < -0.4 is 5.32 Å². The van der Waals surface area contributed by atoms with Crippen LogP contribution in [0.15, 0.2) is 18.3 Å². The number of aromatic nitrogens is 3. The smallest absolute Gasteiger partial charge is 0.306 e. The lowest BCUT2D eigenvalue weighted by molar-refractivity contribution is -0.141. The Bertz CT molecular complexity index is 991. The molecular weight excluding hydrogens is 416 g/mol. The van der Waals surface area contributed by atoms with E-state index in [1.807, 2.05) is 6.20 Å². The zero-order valence-electron chi connectivity index (χ0n) is 20.0. The number of carboxylic acids is 1. The number of aliphatic hydroxyl groups is 1. The zero-order valence-corrected chi connectivity index (χ0v) is 20.0. The summed E-state index contributed by atoms with van der Waals surface area (Å²) in [5.41, 5.74) is 4.49. The molecule has 2 aromatic rings. The van der Waals surface area contributed by atoms with Crippen LogP contribution in [0.2, 0.25) is 0 Å². The summed E-state index contributed by atoms with van der Waals surface area (Å²) < 4.78 is 2.05. The molecule has 0 aliphatic heterocycles. The lowest BCUT2D eigenvalue weighted by atomic mass is 9.84. The van der Waals surface area contributed by atoms with E-state index in [1.165, 1.54) is 30.5 Å². The maximum atomic E-state index is 11.4. The predicted octanol–water partition coefficient (Wildman–Crippen LogP) is 5.40. The van der Waals surface area contributed by atoms with Crippen molar-refractivity contribution in [1.82, 2.24) is 14.6 Å². The van der Waals surface area contributed by atoms with E-state index in [9.17, 15) is 15.0 Å². The van der Waals surface area contributed by atoms with Gasteiger partial charge in [-0.05, 0) is 69.9 Å². The normalized spacial score (nSPS) is 24.5. The van der Waals surface area contributed by atoms with E-state index < -0.39 is 5.97 Å². The maximum absolute atomic E-state index is 11.4. The SMILES string of the molecule is CCCCCC(C)Nc1ncc2c(C3=CCC(C(=O)O)CC3)cc(C3CCC(O)CC3)n2n1. The molecule has 0 aromatic carbocycles. The van der Waals surface area contributed by atoms with Crippen LogP contribution in [-0.4, -0.2) is 42.9 Å². The van der Waals surface area contributed by atoms with Crippen molar-refractivity contribution in [2.45, 2.75) is 103 Å². The third kappa shape index (κ3) is 5.57. The number of aliphatic carboxylic acids is 1. The number of hydrogen-bond acceptors (Lipinski definition) is 5. The molecule has 0 amide bonds. The lowest BCUT2D eigenvalue weighted by Crippen LogP contribution is -2.20. The largest absolute Gasteiger partial charge is 0.481 e. The van der Waals surface area contributed by atoms with Gasteiger partial charge >= 0.3 is 5.97 Å². The molecule has 2 heterocycles. The molecule has 2 aliphatic carbocycles. The second-order valence-corrected chi connectivity index (χ2v) is 9.95. The standard InChI is InChI=1S/C26H38N4O3/c1-3-4-5-6-17(2)28-26-27-16-24-22(18-7-9-20(10-8-18)25(32)33)15-23(30(24)29-26)19-11-13-21(31)14-12-19/h7,15-17,19-21,31H,3-6,8-14H2,1-2H3,(H,28,29)(H,32,33). The van der Waals surface area contributed by atoms with Crippen LogP contribution in [0.5, 0.6) is 0 Å². The molecule has 3 N–H and O–H groups in total. The number of allylic oxidation sites excluding steroid dienone is 2. The fourth-order valence-corrected chi connectivity index (χ4v) is 5.30. The molecule has 7 heteroatoms. The van der Waals surface area contributed by atoms with Crippen LogP contribution >= 0.6 is 0 Å². The minimum absolute atomic E-state index is 0.197. The molecular formula is C26H38N4O3. The Morgan fingerprint density at radius 3 is 2.70 bits per heavy atom. The van der Waals surface area contributed by atoms with Gasteiger partial charge in [0, 0.05) is 23.2 Å². The fraction of sp³-hybridized carbons (Fsp3) is 0.654. The van der Waals surface area contributed by atoms with Gasteiger partial charge in [0.05, 0.1) is 23.7 Å². The van der Waals surface area contributed by atoms with Gasteiger partial charge in [0.1, 0.15) is 0 Å². The van der Waals surface area contributed by atoms with E-state index in [-0.39, 0.29) is 12.0 Å². The van der Waals surface area contributed by atoms with Gasteiger partial charge in [0.2, 0.25) is 5.95 Å². The van der Waals surface area contributed by atoms with Crippen LogP contribution in [0.3, 0.4) is 0 Å². The maximum Gasteiger partial charge on any atom is 0.306 e. The molecule has 1 saturated carbocycles. The van der Waals surface area contributed by atoms with Crippen molar-refractivity contribution in [2.75, 3.05) is 5.32 Å². The molecule has 2 unspecified atom stereocenters. The van der Waals surface area contributed by atoms with Gasteiger partial charge < -0.3 is 15.5 Å². The molecule has 0 spiro atoms. The third-order valence-electron chi connectivity index (χ3n) is 7.38. The summed E-state index contributed by atoms with van der Waals surface area (Å²) in [6.45, 7) is 4.40. The highest BCUT2D eigenvalue weighted by atomic mass is 16.4. The molecule has 2 aromatic heterocycles. The van der Waals surface area contributed by atoms with Crippen molar-refractivity contribution < 1.29 is 15.0 Å². The highest BCUT2D eigenvalue weighted by molar-refractivity contribution is 5.81. The summed E-state index contributed by atoms with van der Waals surface area (Å²) >= 11 is 0. The topological polar surface area (TPSA) is 99.8 Å². The number of unbranched alkanes of at least 4 members (excludes halogenated alkanes) is 2. The number of nitrogens with zero attached hydrogens (tertiary/aromatic N) is 3. The predicted molar refractivity (Wildman–Crippen MR) is 130 cm³/mol. The van der Waals surface area contributed by atoms with Gasteiger partial charge in [-0.25, -0.2) is 9.50 Å². The minimum Gasteiger partial charge on any atom is -0.481 e. The van der Waals surface area contributed by atoms with Crippen molar-refractivity contribution in [1.29, 1.82) is 0 Å². The monoisotopic (exact) mass is 454 g/mol. The van der Waals surface area contributed by atoms with Crippen LogP contribution in [0.1, 0.15) is 102 Å². The highest BCUT2D eigenvalue weighted by Crippen LogP contribution is 2.39. The van der Waals surface area contributed by atoms with Gasteiger partial charge in [-0.15, -0.1) is 5.10 Å². The summed E-state index contributed by atoms with van der Waals surface area (Å²) in [4.78, 5) is 16.0. The van der Waals surface area contributed by atoms with E-state index in [1.54, 1.807) is 0 Å². The van der Waals surface area contributed by atoms with E-state index in [0.717, 1.165) is 49.6 Å². The van der Waals surface area contributed by atoms with Gasteiger partial charge in [0.15, 0.2) is 0 Å². The number of carbonyl (C=O) groups is 1. The van der Waals surface area contributed by atoms with Crippen molar-refractivity contribution in [3.63, 3.8) is 0 Å². The Labute approximate surface area is 196 Å². The highest BCUT2D eigenvalue weighted by Gasteiger charge is 2.28. The van der Waals surface area contributed by atoms with Crippen LogP contribution in [-0.2, 0) is 4.79 Å². The Balaban J connectivity index is 1.64. The summed E-state index contributed by atoms with van der Waals surface area (Å²) in [6, 6.07) is 2.56. The van der Waals surface area contributed by atoms with Crippen LogP contribution in [0.4, 0.5) is 5.95 Å². The molecule has 33 heavy (non-hydrogen) atoms. The minimum atomic E-state index is -0.708. The number of anilines is 1. The quantitative estimate of drug-likeness (QED) is 0.439. The van der Waals surface area contributed by atoms with Gasteiger partial charge in [0.25, 0.3) is 0 Å². The first kappa shape index (κ1) is 23.7. The number of hydrogen-bond donors (Lipinski definition) is 3. The third-order valence-corrected chi connectivity index (χ3v) is 7.38. The molecule has 1 fully saturated rings. The van der Waals surface area contributed by atoms with Gasteiger partial charge in [-0.3, -0.25) is 4.79 Å². The fourth-order valence-electron chi connectivity index (χ4n) is 5.30. The first-order valence-electron chi connectivity index (χ1n) is 12.7. The van der Waals surface area contributed by atoms with Crippen molar-refractivity contribution in [3.05, 3.63) is 29.6 Å². The lowest BCUT2D eigenvalue weighted by Gasteiger charge is -2.25. The Morgan fingerprint density at radius 1 is 1.24 bits per heavy atom. The number of aliphatic hydroxyl groups excluding tert-OH is 1. The van der Waals surface area contributed by atoms with Gasteiger partial charge in [-0.2, -0.15) is 0 Å². The number of fused-ring (bicyclic) bond motifs is 1. The van der Waals surface area contributed by atoms with Crippen molar-refractivity contribution in [2.24, 2.45) is 5.92 Å². The second kappa shape index (κ2) is 10.7. The van der Waals surface area contributed by atoms with Crippen LogP contribution in [0.25, 0.3) is 11.1 Å². The Hall–Kier alpha value is -2.41. The average Bonchev–Trinajstić information content (AvgIpc) is 3.18. The first-order chi connectivity index (χ1) is 16.0. The first-order valence-corrected chi connectivity index (χ1v) is 12.7. The van der Waals surface area contributed by atoms with Gasteiger partial charge in [-0.1, -0.05) is 32.3 Å². The molecule has 4 rings (SSSR count). The Morgan fingerprint density at radius 2 is 2.03 bits per heavy atom. The molecule has 7 nitrogen and oxygen atoms in total. The molecule has 2 aliphatic rings. The second-order valence-electron chi connectivity index (χ2n) is 9.95. The van der Waals surface area contributed by atoms with Crippen molar-refractivity contribution >= 4 is 23.0 Å². The molecule has 0 bridgehead atoms. The van der Waals surface area contributed by atoms with E-state index in [2.05, 4.69) is 40.8 Å². The zero-order chi connectivity index (χ0) is 23.4. The van der Waals surface area contributed by atoms with Crippen molar-refractivity contribution in [3.8, 4) is 0 Å². The molecule has 0 radical (unpaired) electrons. The molecule has 2 atom stereocenters. The molecule has 0 saturated heterocycles. The summed E-state index contributed by atoms with van der Waals surface area (Å²) in [7, 11) is 0. The number of rotatable bonds is 9. The van der Waals surface area contributed by atoms with E-state index in [0.29, 0.717) is 30.7 Å². The Kier molecular flexibility index (Phi) is 7.68. The molecule has 180 valence electrons. The van der Waals surface area contributed by atoms with E-state index in [4.69, 9.17) is 5.10 Å². The average molecular weight is 455 g/mol. The summed E-state index contributed by atoms with van der Waals surface area (Å²) in [5, 5.41) is 27.7.